The number of benzene rings is 1. The van der Waals surface area contributed by atoms with Gasteiger partial charge in [-0.15, -0.1) is 0 Å². The van der Waals surface area contributed by atoms with Gasteiger partial charge >= 0.3 is 0 Å². The minimum Gasteiger partial charge on any atom is -0.295 e. The molecule has 1 fully saturated rings. The van der Waals surface area contributed by atoms with Crippen molar-refractivity contribution in [3.63, 3.8) is 0 Å². The molecule has 1 aliphatic carbocycles. The van der Waals surface area contributed by atoms with Crippen LogP contribution in [0.5, 0.6) is 0 Å². The molecule has 0 aromatic heterocycles. The molecular formula is C18H26N2. The van der Waals surface area contributed by atoms with E-state index in [9.17, 15) is 5.26 Å². The average Bonchev–Trinajstić information content (AvgIpc) is 2.45. The molecule has 0 radical (unpaired) electrons. The molecule has 0 amide bonds. The van der Waals surface area contributed by atoms with Gasteiger partial charge in [-0.05, 0) is 29.4 Å². The van der Waals surface area contributed by atoms with Crippen molar-refractivity contribution in [2.45, 2.75) is 70.4 Å². The monoisotopic (exact) mass is 270 g/mol. The van der Waals surface area contributed by atoms with Crippen molar-refractivity contribution < 1.29 is 0 Å². The molecule has 0 aliphatic heterocycles. The Bertz CT molecular complexity index is 456. The fourth-order valence-electron chi connectivity index (χ4n) is 2.89. The van der Waals surface area contributed by atoms with Crippen molar-refractivity contribution in [1.82, 2.24) is 5.32 Å². The van der Waals surface area contributed by atoms with Gasteiger partial charge in [-0.25, -0.2) is 0 Å². The first kappa shape index (κ1) is 15.1. The number of nitrogens with one attached hydrogen (secondary N) is 1. The van der Waals surface area contributed by atoms with Crippen LogP contribution in [0.15, 0.2) is 24.3 Å². The highest BCUT2D eigenvalue weighted by molar-refractivity contribution is 5.31. The quantitative estimate of drug-likeness (QED) is 0.879. The van der Waals surface area contributed by atoms with Crippen molar-refractivity contribution in [3.05, 3.63) is 35.4 Å². The summed E-state index contributed by atoms with van der Waals surface area (Å²) in [6, 6.07) is 11.3. The summed E-state index contributed by atoms with van der Waals surface area (Å²) in [4.78, 5) is 0. The van der Waals surface area contributed by atoms with Crippen LogP contribution >= 0.6 is 0 Å². The topological polar surface area (TPSA) is 35.8 Å². The molecule has 1 N–H and O–H groups in total. The van der Waals surface area contributed by atoms with Crippen LogP contribution in [0.1, 0.15) is 70.0 Å². The SMILES string of the molecule is CC(C)(C)c1ccc(C(C#N)NC2CCCCC2)cc1. The predicted octanol–water partition coefficient (Wildman–Crippen LogP) is 4.47. The smallest absolute Gasteiger partial charge is 0.121 e. The minimum atomic E-state index is -0.174. The van der Waals surface area contributed by atoms with Crippen LogP contribution in [0.25, 0.3) is 0 Å². The average molecular weight is 270 g/mol. The van der Waals surface area contributed by atoms with E-state index < -0.39 is 0 Å². The Morgan fingerprint density at radius 3 is 2.20 bits per heavy atom. The lowest BCUT2D eigenvalue weighted by Crippen LogP contribution is -2.33. The van der Waals surface area contributed by atoms with Gasteiger partial charge in [0.1, 0.15) is 6.04 Å². The fourth-order valence-corrected chi connectivity index (χ4v) is 2.89. The van der Waals surface area contributed by atoms with Gasteiger partial charge in [-0.2, -0.15) is 5.26 Å². The van der Waals surface area contributed by atoms with Crippen LogP contribution in [0.4, 0.5) is 0 Å². The van der Waals surface area contributed by atoms with Gasteiger partial charge in [0.2, 0.25) is 0 Å². The zero-order valence-electron chi connectivity index (χ0n) is 12.9. The van der Waals surface area contributed by atoms with E-state index in [1.165, 1.54) is 37.7 Å². The lowest BCUT2D eigenvalue weighted by Gasteiger charge is -2.26. The molecule has 1 aliphatic rings. The second kappa shape index (κ2) is 6.41. The van der Waals surface area contributed by atoms with Crippen molar-refractivity contribution in [1.29, 1.82) is 5.26 Å². The maximum absolute atomic E-state index is 9.43. The molecule has 20 heavy (non-hydrogen) atoms. The van der Waals surface area contributed by atoms with E-state index in [2.05, 4.69) is 56.4 Å². The molecule has 0 bridgehead atoms. The zero-order chi connectivity index (χ0) is 14.6. The van der Waals surface area contributed by atoms with E-state index >= 15 is 0 Å². The molecule has 0 heterocycles. The third kappa shape index (κ3) is 3.84. The fraction of sp³-hybridized carbons (Fsp3) is 0.611. The van der Waals surface area contributed by atoms with Crippen LogP contribution in [0.3, 0.4) is 0 Å². The summed E-state index contributed by atoms with van der Waals surface area (Å²) in [5.74, 6) is 0. The zero-order valence-corrected chi connectivity index (χ0v) is 12.9. The molecule has 2 rings (SSSR count). The van der Waals surface area contributed by atoms with Gasteiger partial charge in [0, 0.05) is 6.04 Å². The molecule has 1 unspecified atom stereocenters. The van der Waals surface area contributed by atoms with Gasteiger partial charge in [0.15, 0.2) is 0 Å². The van der Waals surface area contributed by atoms with E-state index in [4.69, 9.17) is 0 Å². The van der Waals surface area contributed by atoms with E-state index in [1.807, 2.05) is 0 Å². The van der Waals surface area contributed by atoms with Crippen LogP contribution in [0, 0.1) is 11.3 Å². The van der Waals surface area contributed by atoms with Gasteiger partial charge in [-0.3, -0.25) is 5.32 Å². The van der Waals surface area contributed by atoms with E-state index in [0.29, 0.717) is 6.04 Å². The van der Waals surface area contributed by atoms with E-state index in [-0.39, 0.29) is 11.5 Å². The molecule has 1 atom stereocenters. The van der Waals surface area contributed by atoms with E-state index in [0.717, 1.165) is 5.56 Å². The Kier molecular flexibility index (Phi) is 4.83. The summed E-state index contributed by atoms with van der Waals surface area (Å²) >= 11 is 0. The first-order valence-electron chi connectivity index (χ1n) is 7.77. The Morgan fingerprint density at radius 1 is 1.10 bits per heavy atom. The first-order chi connectivity index (χ1) is 9.50. The summed E-state index contributed by atoms with van der Waals surface area (Å²) in [5, 5.41) is 12.9. The number of hydrogen-bond acceptors (Lipinski definition) is 2. The van der Waals surface area contributed by atoms with E-state index in [1.54, 1.807) is 0 Å². The minimum absolute atomic E-state index is 0.164. The Hall–Kier alpha value is -1.33. The lowest BCUT2D eigenvalue weighted by molar-refractivity contribution is 0.360. The molecule has 1 saturated carbocycles. The Morgan fingerprint density at radius 2 is 1.70 bits per heavy atom. The van der Waals surface area contributed by atoms with Crippen LogP contribution < -0.4 is 5.32 Å². The summed E-state index contributed by atoms with van der Waals surface area (Å²) in [6.07, 6.45) is 6.34. The molecule has 108 valence electrons. The van der Waals surface area contributed by atoms with Crippen LogP contribution in [-0.2, 0) is 5.41 Å². The predicted molar refractivity (Wildman–Crippen MR) is 83.5 cm³/mol. The van der Waals surface area contributed by atoms with Gasteiger partial charge in [0.25, 0.3) is 0 Å². The Labute approximate surface area is 123 Å². The highest BCUT2D eigenvalue weighted by Gasteiger charge is 2.19. The molecule has 2 nitrogen and oxygen atoms in total. The second-order valence-electron chi connectivity index (χ2n) is 6.94. The van der Waals surface area contributed by atoms with Crippen LogP contribution in [-0.4, -0.2) is 6.04 Å². The van der Waals surface area contributed by atoms with Crippen molar-refractivity contribution >= 4 is 0 Å². The summed E-state index contributed by atoms with van der Waals surface area (Å²) in [7, 11) is 0. The Balaban J connectivity index is 2.06. The molecule has 1 aromatic rings. The standard InChI is InChI=1S/C18H26N2/c1-18(2,3)15-11-9-14(10-12-15)17(13-19)20-16-7-5-4-6-8-16/h9-12,16-17,20H,4-8H2,1-3H3. The van der Waals surface area contributed by atoms with Gasteiger partial charge in [-0.1, -0.05) is 64.3 Å². The van der Waals surface area contributed by atoms with Gasteiger partial charge in [0.05, 0.1) is 6.07 Å². The van der Waals surface area contributed by atoms with Crippen molar-refractivity contribution in [3.8, 4) is 6.07 Å². The largest absolute Gasteiger partial charge is 0.295 e. The van der Waals surface area contributed by atoms with Gasteiger partial charge < -0.3 is 0 Å². The molecule has 0 saturated heterocycles. The van der Waals surface area contributed by atoms with Crippen molar-refractivity contribution in [2.24, 2.45) is 0 Å². The maximum atomic E-state index is 9.43. The second-order valence-corrected chi connectivity index (χ2v) is 6.94. The molecule has 0 spiro atoms. The number of hydrogen-bond donors (Lipinski definition) is 1. The lowest BCUT2D eigenvalue weighted by atomic mass is 9.86. The third-order valence-electron chi connectivity index (χ3n) is 4.25. The third-order valence-corrected chi connectivity index (χ3v) is 4.25. The number of nitriles is 1. The number of nitrogens with zero attached hydrogens (tertiary/aromatic N) is 1. The normalized spacial score (nSPS) is 18.5. The molecular weight excluding hydrogens is 244 g/mol. The first-order valence-corrected chi connectivity index (χ1v) is 7.77. The summed E-state index contributed by atoms with van der Waals surface area (Å²) in [6.45, 7) is 6.64. The highest BCUT2D eigenvalue weighted by atomic mass is 14.9. The maximum Gasteiger partial charge on any atom is 0.121 e. The summed E-state index contributed by atoms with van der Waals surface area (Å²) in [5.41, 5.74) is 2.57. The van der Waals surface area contributed by atoms with Crippen LogP contribution in [0.2, 0.25) is 0 Å². The molecule has 2 heteroatoms. The summed E-state index contributed by atoms with van der Waals surface area (Å²) < 4.78 is 0. The number of rotatable bonds is 3. The van der Waals surface area contributed by atoms with Crippen molar-refractivity contribution in [2.75, 3.05) is 0 Å². The highest BCUT2D eigenvalue weighted by Crippen LogP contribution is 2.25. The molecule has 1 aromatic carbocycles.